The SMILES string of the molecule is CC1=CCC2(C)C3C(C(C)C)CCC2(C)C13. The third kappa shape index (κ3) is 0.939. The van der Waals surface area contributed by atoms with Gasteiger partial charge in [0, 0.05) is 0 Å². The maximum atomic E-state index is 2.58. The summed E-state index contributed by atoms with van der Waals surface area (Å²) >= 11 is 0. The summed E-state index contributed by atoms with van der Waals surface area (Å²) in [7, 11) is 0. The summed E-state index contributed by atoms with van der Waals surface area (Å²) in [5, 5.41) is 0. The van der Waals surface area contributed by atoms with Gasteiger partial charge in [0.15, 0.2) is 0 Å². The van der Waals surface area contributed by atoms with Gasteiger partial charge in [-0.3, -0.25) is 0 Å². The molecule has 0 amide bonds. The van der Waals surface area contributed by atoms with Crippen molar-refractivity contribution in [3.05, 3.63) is 11.6 Å². The average molecular weight is 218 g/mol. The molecule has 2 fully saturated rings. The number of hydrogen-bond acceptors (Lipinski definition) is 0. The largest absolute Gasteiger partial charge is 0.0847 e. The van der Waals surface area contributed by atoms with E-state index >= 15 is 0 Å². The molecule has 2 saturated carbocycles. The van der Waals surface area contributed by atoms with Crippen LogP contribution in [0.15, 0.2) is 11.6 Å². The molecule has 0 aromatic carbocycles. The molecule has 0 aromatic heterocycles. The van der Waals surface area contributed by atoms with E-state index in [2.05, 4.69) is 40.7 Å². The highest BCUT2D eigenvalue weighted by atomic mass is 14.8. The van der Waals surface area contributed by atoms with E-state index in [1.807, 2.05) is 0 Å². The van der Waals surface area contributed by atoms with Crippen LogP contribution in [0.2, 0.25) is 0 Å². The Morgan fingerprint density at radius 2 is 1.94 bits per heavy atom. The zero-order chi connectivity index (χ0) is 11.7. The topological polar surface area (TPSA) is 0 Å². The van der Waals surface area contributed by atoms with E-state index < -0.39 is 0 Å². The van der Waals surface area contributed by atoms with E-state index in [4.69, 9.17) is 0 Å². The normalized spacial score (nSPS) is 54.6. The first-order chi connectivity index (χ1) is 7.42. The van der Waals surface area contributed by atoms with E-state index in [0.717, 1.165) is 23.7 Å². The maximum Gasteiger partial charge on any atom is -0.0110 e. The Labute approximate surface area is 101 Å². The van der Waals surface area contributed by atoms with Crippen molar-refractivity contribution in [1.82, 2.24) is 0 Å². The first kappa shape index (κ1) is 10.9. The van der Waals surface area contributed by atoms with Crippen LogP contribution in [0, 0.1) is 34.5 Å². The fourth-order valence-corrected chi connectivity index (χ4v) is 5.61. The molecule has 0 N–H and O–H groups in total. The molecular formula is C16H26. The summed E-state index contributed by atoms with van der Waals surface area (Å²) in [6, 6.07) is 0. The van der Waals surface area contributed by atoms with Gasteiger partial charge in [-0.05, 0) is 60.7 Å². The monoisotopic (exact) mass is 218 g/mol. The third-order valence-electron chi connectivity index (χ3n) is 6.74. The molecule has 4 bridgehead atoms. The van der Waals surface area contributed by atoms with Crippen LogP contribution in [0.4, 0.5) is 0 Å². The molecule has 4 aliphatic rings. The van der Waals surface area contributed by atoms with E-state index in [0.29, 0.717) is 10.8 Å². The molecule has 16 heavy (non-hydrogen) atoms. The second kappa shape index (κ2) is 2.94. The minimum absolute atomic E-state index is 0.629. The molecule has 0 saturated heterocycles. The summed E-state index contributed by atoms with van der Waals surface area (Å²) in [6.45, 7) is 12.4. The number of fused-ring (bicyclic) bond motifs is 1. The fourth-order valence-electron chi connectivity index (χ4n) is 5.61. The lowest BCUT2D eigenvalue weighted by Crippen LogP contribution is -2.70. The van der Waals surface area contributed by atoms with Crippen LogP contribution in [0.25, 0.3) is 0 Å². The molecule has 5 atom stereocenters. The third-order valence-corrected chi connectivity index (χ3v) is 6.74. The van der Waals surface area contributed by atoms with Crippen molar-refractivity contribution >= 4 is 0 Å². The minimum atomic E-state index is 0.629. The Morgan fingerprint density at radius 1 is 1.25 bits per heavy atom. The molecule has 0 aliphatic heterocycles. The zero-order valence-electron chi connectivity index (χ0n) is 11.5. The van der Waals surface area contributed by atoms with Gasteiger partial charge >= 0.3 is 0 Å². The van der Waals surface area contributed by atoms with Crippen LogP contribution < -0.4 is 0 Å². The Hall–Kier alpha value is -0.260. The lowest BCUT2D eigenvalue weighted by Gasteiger charge is -2.76. The van der Waals surface area contributed by atoms with Gasteiger partial charge in [0.25, 0.3) is 0 Å². The Kier molecular flexibility index (Phi) is 2.00. The zero-order valence-corrected chi connectivity index (χ0v) is 11.5. The molecule has 4 rings (SSSR count). The van der Waals surface area contributed by atoms with Crippen LogP contribution in [0.1, 0.15) is 53.9 Å². The van der Waals surface area contributed by atoms with Gasteiger partial charge in [-0.1, -0.05) is 39.3 Å². The molecule has 5 unspecified atom stereocenters. The molecule has 0 nitrogen and oxygen atoms in total. The number of hydrogen-bond donors (Lipinski definition) is 0. The summed E-state index contributed by atoms with van der Waals surface area (Å²) in [6.07, 6.45) is 6.84. The predicted octanol–water partition coefficient (Wildman–Crippen LogP) is 4.66. The Balaban J connectivity index is 2.03. The van der Waals surface area contributed by atoms with Crippen LogP contribution in [0.3, 0.4) is 0 Å². The van der Waals surface area contributed by atoms with Crippen LogP contribution in [-0.4, -0.2) is 0 Å². The van der Waals surface area contributed by atoms with Gasteiger partial charge in [0.2, 0.25) is 0 Å². The number of rotatable bonds is 1. The summed E-state index contributed by atoms with van der Waals surface area (Å²) in [5.41, 5.74) is 2.98. The summed E-state index contributed by atoms with van der Waals surface area (Å²) < 4.78 is 0. The molecule has 0 heteroatoms. The van der Waals surface area contributed by atoms with Crippen LogP contribution in [0.5, 0.6) is 0 Å². The fraction of sp³-hybridized carbons (Fsp3) is 0.875. The summed E-state index contributed by atoms with van der Waals surface area (Å²) in [5.74, 6) is 3.78. The van der Waals surface area contributed by atoms with Gasteiger partial charge in [-0.15, -0.1) is 0 Å². The average Bonchev–Trinajstić information content (AvgIpc) is 2.22. The van der Waals surface area contributed by atoms with Crippen molar-refractivity contribution in [3.63, 3.8) is 0 Å². The van der Waals surface area contributed by atoms with E-state index in [1.54, 1.807) is 5.57 Å². The second-order valence-corrected chi connectivity index (χ2v) is 7.44. The van der Waals surface area contributed by atoms with Crippen molar-refractivity contribution in [1.29, 1.82) is 0 Å². The Bertz CT molecular complexity index is 351. The van der Waals surface area contributed by atoms with Crippen molar-refractivity contribution in [2.24, 2.45) is 34.5 Å². The highest BCUT2D eigenvalue weighted by molar-refractivity contribution is 5.32. The van der Waals surface area contributed by atoms with E-state index in [9.17, 15) is 0 Å². The molecule has 0 heterocycles. The van der Waals surface area contributed by atoms with Crippen LogP contribution in [-0.2, 0) is 0 Å². The van der Waals surface area contributed by atoms with Gasteiger partial charge in [-0.25, -0.2) is 0 Å². The van der Waals surface area contributed by atoms with E-state index in [-0.39, 0.29) is 0 Å². The lowest BCUT2D eigenvalue weighted by molar-refractivity contribution is -0.248. The van der Waals surface area contributed by atoms with Gasteiger partial charge in [-0.2, -0.15) is 0 Å². The first-order valence-electron chi connectivity index (χ1n) is 7.08. The van der Waals surface area contributed by atoms with Crippen molar-refractivity contribution in [3.8, 4) is 0 Å². The van der Waals surface area contributed by atoms with Crippen molar-refractivity contribution in [2.45, 2.75) is 53.9 Å². The molecule has 0 radical (unpaired) electrons. The standard InChI is InChI=1S/C16H26/c1-10(2)12-7-9-15(4)13-11(3)6-8-16(15,5)14(12)13/h6,10,12-14H,7-9H2,1-5H3. The van der Waals surface area contributed by atoms with Gasteiger partial charge in [0.1, 0.15) is 0 Å². The molecular weight excluding hydrogens is 192 g/mol. The molecule has 90 valence electrons. The van der Waals surface area contributed by atoms with E-state index in [1.165, 1.54) is 19.3 Å². The maximum absolute atomic E-state index is 2.58. The predicted molar refractivity (Wildman–Crippen MR) is 69.1 cm³/mol. The van der Waals surface area contributed by atoms with Gasteiger partial charge in [0.05, 0.1) is 0 Å². The number of allylic oxidation sites excluding steroid dienone is 2. The summed E-state index contributed by atoms with van der Waals surface area (Å²) in [4.78, 5) is 0. The molecule has 4 aliphatic carbocycles. The second-order valence-electron chi connectivity index (χ2n) is 7.44. The van der Waals surface area contributed by atoms with Crippen molar-refractivity contribution in [2.75, 3.05) is 0 Å². The Morgan fingerprint density at radius 3 is 2.56 bits per heavy atom. The van der Waals surface area contributed by atoms with Crippen LogP contribution >= 0.6 is 0 Å². The quantitative estimate of drug-likeness (QED) is 0.561. The molecule has 0 aromatic rings. The highest BCUT2D eigenvalue weighted by Gasteiger charge is 2.71. The molecule has 0 spiro atoms. The van der Waals surface area contributed by atoms with Gasteiger partial charge < -0.3 is 0 Å². The highest BCUT2D eigenvalue weighted by Crippen LogP contribution is 2.78. The lowest BCUT2D eigenvalue weighted by atomic mass is 9.28. The smallest absolute Gasteiger partial charge is 0.0110 e. The van der Waals surface area contributed by atoms with Crippen molar-refractivity contribution < 1.29 is 0 Å². The first-order valence-corrected chi connectivity index (χ1v) is 7.08. The minimum Gasteiger partial charge on any atom is -0.0847 e.